The first kappa shape index (κ1) is 10.5. The van der Waals surface area contributed by atoms with Gasteiger partial charge in [0.1, 0.15) is 5.69 Å². The topological polar surface area (TPSA) is 60.0 Å². The molecule has 5 nitrogen and oxygen atoms in total. The molecule has 0 spiro atoms. The van der Waals surface area contributed by atoms with Crippen molar-refractivity contribution in [3.63, 3.8) is 0 Å². The zero-order chi connectivity index (χ0) is 11.7. The van der Waals surface area contributed by atoms with Crippen molar-refractivity contribution < 1.29 is 9.90 Å². The van der Waals surface area contributed by atoms with E-state index in [1.807, 2.05) is 11.6 Å². The van der Waals surface area contributed by atoms with Crippen LogP contribution in [0.2, 0.25) is 0 Å². The highest BCUT2D eigenvalue weighted by Crippen LogP contribution is 2.12. The summed E-state index contributed by atoms with van der Waals surface area (Å²) >= 11 is 0. The number of carbonyl (C=O) groups is 1. The van der Waals surface area contributed by atoms with E-state index in [1.54, 1.807) is 36.3 Å². The van der Waals surface area contributed by atoms with E-state index in [2.05, 4.69) is 4.98 Å². The molecule has 2 aromatic heterocycles. The van der Waals surface area contributed by atoms with E-state index in [9.17, 15) is 4.79 Å². The molecule has 1 N–H and O–H groups in total. The van der Waals surface area contributed by atoms with Gasteiger partial charge in [0.25, 0.3) is 0 Å². The molecule has 0 aromatic carbocycles. The molecule has 84 valence electrons. The maximum Gasteiger partial charge on any atom is 0.352 e. The summed E-state index contributed by atoms with van der Waals surface area (Å²) in [5, 5.41) is 9.09. The van der Waals surface area contributed by atoms with Crippen molar-refractivity contribution in [2.45, 2.75) is 13.5 Å². The van der Waals surface area contributed by atoms with Crippen molar-refractivity contribution in [1.29, 1.82) is 0 Å². The lowest BCUT2D eigenvalue weighted by Crippen LogP contribution is -2.11. The third-order valence-electron chi connectivity index (χ3n) is 2.62. The maximum atomic E-state index is 11.1. The molecule has 0 radical (unpaired) electrons. The van der Waals surface area contributed by atoms with Crippen LogP contribution in [-0.4, -0.2) is 25.2 Å². The minimum absolute atomic E-state index is 0.334. The van der Waals surface area contributed by atoms with Gasteiger partial charge in [-0.3, -0.25) is 0 Å². The molecule has 0 unspecified atom stereocenters. The number of rotatable bonds is 3. The number of carboxylic acids is 1. The van der Waals surface area contributed by atoms with Crippen LogP contribution in [-0.2, 0) is 13.6 Å². The highest BCUT2D eigenvalue weighted by Gasteiger charge is 2.13. The Hall–Kier alpha value is -2.04. The van der Waals surface area contributed by atoms with Crippen LogP contribution in [0, 0.1) is 6.92 Å². The lowest BCUT2D eigenvalue weighted by molar-refractivity contribution is 0.0685. The maximum absolute atomic E-state index is 11.1. The summed E-state index contributed by atoms with van der Waals surface area (Å²) in [6.07, 6.45) is 5.22. The number of aromatic carboxylic acids is 1. The van der Waals surface area contributed by atoms with E-state index < -0.39 is 5.97 Å². The van der Waals surface area contributed by atoms with E-state index in [-0.39, 0.29) is 0 Å². The van der Waals surface area contributed by atoms with Crippen LogP contribution in [0.3, 0.4) is 0 Å². The summed E-state index contributed by atoms with van der Waals surface area (Å²) in [5.74, 6) is -0.898. The second-order valence-electron chi connectivity index (χ2n) is 3.78. The Kier molecular flexibility index (Phi) is 2.52. The summed E-state index contributed by atoms with van der Waals surface area (Å²) in [5.41, 5.74) is 2.08. The first-order valence-corrected chi connectivity index (χ1v) is 4.94. The van der Waals surface area contributed by atoms with Gasteiger partial charge in [-0.2, -0.15) is 0 Å². The van der Waals surface area contributed by atoms with Gasteiger partial charge in [-0.1, -0.05) is 0 Å². The molecule has 0 aliphatic rings. The molecule has 16 heavy (non-hydrogen) atoms. The normalized spacial score (nSPS) is 10.6. The van der Waals surface area contributed by atoms with Gasteiger partial charge in [-0.25, -0.2) is 9.78 Å². The zero-order valence-corrected chi connectivity index (χ0v) is 9.21. The van der Waals surface area contributed by atoms with Crippen LogP contribution in [0.15, 0.2) is 24.8 Å². The third kappa shape index (κ3) is 1.71. The lowest BCUT2D eigenvalue weighted by atomic mass is 10.3. The molecule has 5 heteroatoms. The van der Waals surface area contributed by atoms with Gasteiger partial charge in [0, 0.05) is 19.4 Å². The van der Waals surface area contributed by atoms with Crippen LogP contribution in [0.4, 0.5) is 0 Å². The summed E-state index contributed by atoms with van der Waals surface area (Å²) in [6, 6.07) is 1.81. The van der Waals surface area contributed by atoms with E-state index in [4.69, 9.17) is 5.11 Å². The molecule has 0 atom stereocenters. The summed E-state index contributed by atoms with van der Waals surface area (Å²) < 4.78 is 3.59. The van der Waals surface area contributed by atoms with E-state index in [0.717, 1.165) is 11.3 Å². The van der Waals surface area contributed by atoms with Crippen molar-refractivity contribution >= 4 is 5.97 Å². The van der Waals surface area contributed by atoms with Crippen LogP contribution in [0.25, 0.3) is 0 Å². The average molecular weight is 219 g/mol. The Morgan fingerprint density at radius 1 is 1.56 bits per heavy atom. The average Bonchev–Trinajstić information content (AvgIpc) is 2.75. The number of nitrogens with zero attached hydrogens (tertiary/aromatic N) is 3. The van der Waals surface area contributed by atoms with Crippen molar-refractivity contribution in [3.05, 3.63) is 41.7 Å². The predicted molar refractivity (Wildman–Crippen MR) is 58.4 cm³/mol. The molecular formula is C11H13N3O2. The molecule has 2 rings (SSSR count). The molecule has 0 fully saturated rings. The smallest absolute Gasteiger partial charge is 0.352 e. The van der Waals surface area contributed by atoms with Crippen LogP contribution in [0.5, 0.6) is 0 Å². The minimum atomic E-state index is -0.898. The number of carboxylic acid groups (broad SMARTS) is 1. The highest BCUT2D eigenvalue weighted by molar-refractivity contribution is 5.87. The fourth-order valence-corrected chi connectivity index (χ4v) is 1.72. The molecule has 2 heterocycles. The van der Waals surface area contributed by atoms with Crippen molar-refractivity contribution in [3.8, 4) is 0 Å². The number of aryl methyl sites for hydroxylation is 2. The van der Waals surface area contributed by atoms with Crippen molar-refractivity contribution in [2.75, 3.05) is 0 Å². The Morgan fingerprint density at radius 2 is 2.31 bits per heavy atom. The largest absolute Gasteiger partial charge is 0.477 e. The number of hydrogen-bond acceptors (Lipinski definition) is 2. The molecule has 0 amide bonds. The SMILES string of the molecule is Cc1ccn(Cc2cncn2C)c1C(=O)O. The number of aromatic nitrogens is 3. The number of imidazole rings is 1. The third-order valence-corrected chi connectivity index (χ3v) is 2.62. The fraction of sp³-hybridized carbons (Fsp3) is 0.273. The van der Waals surface area contributed by atoms with Gasteiger partial charge in [0.15, 0.2) is 0 Å². The van der Waals surface area contributed by atoms with E-state index >= 15 is 0 Å². The molecule has 0 aliphatic carbocycles. The summed E-state index contributed by atoms with van der Waals surface area (Å²) in [4.78, 5) is 15.1. The Morgan fingerprint density at radius 3 is 2.88 bits per heavy atom. The van der Waals surface area contributed by atoms with E-state index in [1.165, 1.54) is 0 Å². The van der Waals surface area contributed by atoms with Gasteiger partial charge in [0.05, 0.1) is 18.6 Å². The Balaban J connectivity index is 2.35. The van der Waals surface area contributed by atoms with Gasteiger partial charge in [-0.15, -0.1) is 0 Å². The predicted octanol–water partition coefficient (Wildman–Crippen LogP) is 1.28. The van der Waals surface area contributed by atoms with Crippen LogP contribution < -0.4 is 0 Å². The summed E-state index contributed by atoms with van der Waals surface area (Å²) in [6.45, 7) is 2.31. The zero-order valence-electron chi connectivity index (χ0n) is 9.21. The molecule has 2 aromatic rings. The summed E-state index contributed by atoms with van der Waals surface area (Å²) in [7, 11) is 1.89. The molecule has 0 saturated carbocycles. The highest BCUT2D eigenvalue weighted by atomic mass is 16.4. The lowest BCUT2D eigenvalue weighted by Gasteiger charge is -2.07. The second kappa shape index (κ2) is 3.84. The fourth-order valence-electron chi connectivity index (χ4n) is 1.72. The number of hydrogen-bond donors (Lipinski definition) is 1. The van der Waals surface area contributed by atoms with Crippen molar-refractivity contribution in [2.24, 2.45) is 7.05 Å². The van der Waals surface area contributed by atoms with Crippen LogP contribution >= 0.6 is 0 Å². The second-order valence-corrected chi connectivity index (χ2v) is 3.78. The van der Waals surface area contributed by atoms with Crippen molar-refractivity contribution in [1.82, 2.24) is 14.1 Å². The first-order valence-electron chi connectivity index (χ1n) is 4.94. The Bertz CT molecular complexity index is 525. The minimum Gasteiger partial charge on any atom is -0.477 e. The molecule has 0 saturated heterocycles. The Labute approximate surface area is 93.0 Å². The first-order chi connectivity index (χ1) is 7.59. The monoisotopic (exact) mass is 219 g/mol. The molecule has 0 aliphatic heterocycles. The van der Waals surface area contributed by atoms with Gasteiger partial charge in [-0.05, 0) is 18.6 Å². The van der Waals surface area contributed by atoms with Gasteiger partial charge >= 0.3 is 5.97 Å². The van der Waals surface area contributed by atoms with Crippen LogP contribution in [0.1, 0.15) is 21.7 Å². The molecule has 0 bridgehead atoms. The quantitative estimate of drug-likeness (QED) is 0.845. The van der Waals surface area contributed by atoms with E-state index in [0.29, 0.717) is 12.2 Å². The van der Waals surface area contributed by atoms with Gasteiger partial charge < -0.3 is 14.2 Å². The molecular weight excluding hydrogens is 206 g/mol. The standard InChI is InChI=1S/C11H13N3O2/c1-8-3-4-14(10(8)11(15)16)6-9-5-12-7-13(9)2/h3-5,7H,6H2,1-2H3,(H,15,16). The van der Waals surface area contributed by atoms with Gasteiger partial charge in [0.2, 0.25) is 0 Å².